The van der Waals surface area contributed by atoms with E-state index in [0.717, 1.165) is 26.5 Å². The third-order valence-corrected chi connectivity index (χ3v) is 16.2. The van der Waals surface area contributed by atoms with Crippen molar-refractivity contribution in [3.05, 3.63) is 157 Å². The summed E-state index contributed by atoms with van der Waals surface area (Å²) in [4.78, 5) is 0.767. The summed E-state index contributed by atoms with van der Waals surface area (Å²) in [6.45, 7) is 6.76. The summed E-state index contributed by atoms with van der Waals surface area (Å²) in [5.74, 6) is 0.334. The van der Waals surface area contributed by atoms with Crippen LogP contribution in [0.15, 0.2) is 161 Å². The molecule has 0 aromatic heterocycles. The van der Waals surface area contributed by atoms with Gasteiger partial charge in [-0.2, -0.15) is 0 Å². The Balaban J connectivity index is 1.80. The Hall–Kier alpha value is -3.93. The minimum Gasteiger partial charge on any atom is -0.377 e. The molecule has 0 unspecified atom stereocenters. The van der Waals surface area contributed by atoms with Crippen molar-refractivity contribution in [2.24, 2.45) is 4.03 Å². The van der Waals surface area contributed by atoms with Gasteiger partial charge in [0.2, 0.25) is 0 Å². The topological polar surface area (TPSA) is 41.5 Å². The van der Waals surface area contributed by atoms with E-state index < -0.39 is 18.0 Å². The van der Waals surface area contributed by atoms with Gasteiger partial charge in [0, 0.05) is 10.6 Å². The predicted molar refractivity (Wildman–Crippen MR) is 177 cm³/mol. The van der Waals surface area contributed by atoms with Crippen molar-refractivity contribution >= 4 is 34.0 Å². The number of para-hydroxylation sites is 1. The average Bonchev–Trinajstić information content (AvgIpc) is 3.01. The van der Waals surface area contributed by atoms with Crippen molar-refractivity contribution < 1.29 is 4.21 Å². The fourth-order valence-electron chi connectivity index (χ4n) is 5.54. The summed E-state index contributed by atoms with van der Waals surface area (Å²) in [5.41, 5.74) is 2.07. The van der Waals surface area contributed by atoms with Gasteiger partial charge in [0.15, 0.2) is 0 Å². The van der Waals surface area contributed by atoms with Gasteiger partial charge >= 0.3 is 0 Å². The summed E-state index contributed by atoms with van der Waals surface area (Å²) in [6.07, 6.45) is 0. The first-order chi connectivity index (χ1) is 19.8. The molecule has 1 N–H and O–H groups in total. The fourth-order valence-corrected chi connectivity index (χ4v) is 14.9. The van der Waals surface area contributed by atoms with Crippen LogP contribution in [-0.2, 0) is 9.73 Å². The van der Waals surface area contributed by atoms with Crippen LogP contribution < -0.4 is 15.7 Å². The second kappa shape index (κ2) is 12.3. The minimum absolute atomic E-state index is 0.215. The van der Waals surface area contributed by atoms with Gasteiger partial charge in [-0.15, -0.1) is 0 Å². The maximum Gasteiger partial charge on any atom is 0.260 e. The molecule has 0 aliphatic carbocycles. The van der Waals surface area contributed by atoms with Gasteiger partial charge in [-0.3, -0.25) is 4.03 Å². The number of nitrogens with zero attached hydrogens (tertiary/aromatic N) is 1. The number of rotatable bonds is 9. The summed E-state index contributed by atoms with van der Waals surface area (Å²) >= 11 is 0. The Morgan fingerprint density at radius 3 is 1.51 bits per heavy atom. The maximum absolute atomic E-state index is 15.8. The quantitative estimate of drug-likeness (QED) is 0.182. The molecule has 2 atom stereocenters. The van der Waals surface area contributed by atoms with E-state index in [1.54, 1.807) is 0 Å². The highest BCUT2D eigenvalue weighted by molar-refractivity contribution is 7.94. The van der Waals surface area contributed by atoms with E-state index in [9.17, 15) is 0 Å². The number of anilines is 1. The van der Waals surface area contributed by atoms with Crippen LogP contribution in [-0.4, -0.2) is 18.2 Å². The zero-order valence-corrected chi connectivity index (χ0v) is 25.8. The molecular formula is C36H38N2OSSi. The zero-order chi connectivity index (χ0) is 28.8. The van der Waals surface area contributed by atoms with Crippen molar-refractivity contribution in [2.75, 3.05) is 11.1 Å². The molecule has 0 amide bonds. The van der Waals surface area contributed by atoms with E-state index >= 15 is 4.21 Å². The molecule has 0 radical (unpaired) electrons. The van der Waals surface area contributed by atoms with Gasteiger partial charge in [-0.25, -0.2) is 4.21 Å². The van der Waals surface area contributed by atoms with E-state index in [1.165, 1.54) is 0 Å². The largest absolute Gasteiger partial charge is 0.377 e. The van der Waals surface area contributed by atoms with Crippen LogP contribution in [0.4, 0.5) is 5.69 Å². The molecule has 208 valence electrons. The molecule has 0 aliphatic heterocycles. The van der Waals surface area contributed by atoms with Crippen molar-refractivity contribution in [3.63, 3.8) is 0 Å². The Labute approximate surface area is 246 Å². The van der Waals surface area contributed by atoms with Crippen LogP contribution in [0.3, 0.4) is 0 Å². The molecule has 5 heteroatoms. The van der Waals surface area contributed by atoms with Crippen LogP contribution in [0, 0.1) is 0 Å². The van der Waals surface area contributed by atoms with Crippen molar-refractivity contribution in [1.29, 1.82) is 0 Å². The zero-order valence-electron chi connectivity index (χ0n) is 24.0. The normalized spacial score (nSPS) is 14.0. The lowest BCUT2D eigenvalue weighted by Crippen LogP contribution is -2.63. The van der Waals surface area contributed by atoms with Gasteiger partial charge in [-0.1, -0.05) is 148 Å². The lowest BCUT2D eigenvalue weighted by molar-refractivity contribution is 0.670. The Morgan fingerprint density at radius 1 is 0.634 bits per heavy atom. The fraction of sp³-hybridized carbons (Fsp3) is 0.167. The number of nitrogens with one attached hydrogen (secondary N) is 1. The van der Waals surface area contributed by atoms with E-state index in [0.29, 0.717) is 5.75 Å². The van der Waals surface area contributed by atoms with E-state index in [2.05, 4.69) is 98.9 Å². The Bertz CT molecular complexity index is 1610. The summed E-state index contributed by atoms with van der Waals surface area (Å²) in [7, 11) is -5.95. The molecule has 41 heavy (non-hydrogen) atoms. The van der Waals surface area contributed by atoms with Gasteiger partial charge in [0.05, 0.1) is 21.5 Å². The standard InChI is InChI=1S/C36H38N2OSSi/c1-36(2,3)41(33-25-15-7-16-26-33,34-27-17-8-18-28-34)38-40(39,32-23-13-6-14-24-32)29-35(30-19-9-4-10-20-30)37-31-21-11-5-12-22-31/h4-28,35,37H,29H2,1-3H3/t35-,40-/m1/s1. The number of hydrogen-bond acceptors (Lipinski definition) is 3. The molecule has 0 aliphatic rings. The van der Waals surface area contributed by atoms with E-state index in [-0.39, 0.29) is 11.1 Å². The summed E-state index contributed by atoms with van der Waals surface area (Å²) in [6, 6.07) is 51.2. The molecule has 0 heterocycles. The van der Waals surface area contributed by atoms with Crippen LogP contribution in [0.2, 0.25) is 5.04 Å². The number of benzene rings is 5. The molecule has 5 aromatic rings. The highest BCUT2D eigenvalue weighted by Gasteiger charge is 2.50. The SMILES string of the molecule is CC(C)(C)[Si](N=[S@@](=O)(C[C@@H](Nc1ccccc1)c1ccccc1)c1ccccc1)(c1ccccc1)c1ccccc1. The van der Waals surface area contributed by atoms with Crippen molar-refractivity contribution in [2.45, 2.75) is 36.7 Å². The first-order valence-corrected chi connectivity index (χ1v) is 17.7. The van der Waals surface area contributed by atoms with Crippen LogP contribution in [0.25, 0.3) is 0 Å². The molecule has 0 spiro atoms. The molecule has 5 aromatic carbocycles. The highest BCUT2D eigenvalue weighted by atomic mass is 32.2. The molecule has 5 rings (SSSR count). The molecule has 3 nitrogen and oxygen atoms in total. The maximum atomic E-state index is 15.8. The van der Waals surface area contributed by atoms with Gasteiger partial charge < -0.3 is 5.32 Å². The average molecular weight is 575 g/mol. The van der Waals surface area contributed by atoms with Crippen molar-refractivity contribution in [3.8, 4) is 0 Å². The highest BCUT2D eigenvalue weighted by Crippen LogP contribution is 2.39. The second-order valence-corrected chi connectivity index (χ2v) is 18.3. The second-order valence-electron chi connectivity index (χ2n) is 11.4. The monoisotopic (exact) mass is 574 g/mol. The predicted octanol–water partition coefficient (Wildman–Crippen LogP) is 7.93. The van der Waals surface area contributed by atoms with E-state index in [1.807, 2.05) is 78.9 Å². The Morgan fingerprint density at radius 2 is 1.05 bits per heavy atom. The Kier molecular flexibility index (Phi) is 8.57. The molecule has 0 fully saturated rings. The van der Waals surface area contributed by atoms with Gasteiger partial charge in [0.25, 0.3) is 8.24 Å². The van der Waals surface area contributed by atoms with Crippen LogP contribution >= 0.6 is 0 Å². The van der Waals surface area contributed by atoms with Crippen LogP contribution in [0.5, 0.6) is 0 Å². The lowest BCUT2D eigenvalue weighted by Gasteiger charge is -2.41. The third-order valence-electron chi connectivity index (χ3n) is 7.57. The van der Waals surface area contributed by atoms with Gasteiger partial charge in [0.1, 0.15) is 0 Å². The third kappa shape index (κ3) is 6.21. The smallest absolute Gasteiger partial charge is 0.260 e. The van der Waals surface area contributed by atoms with Gasteiger partial charge in [-0.05, 0) is 45.2 Å². The van der Waals surface area contributed by atoms with Crippen molar-refractivity contribution in [1.82, 2.24) is 0 Å². The molecule has 0 saturated carbocycles. The minimum atomic E-state index is -3.01. The summed E-state index contributed by atoms with van der Waals surface area (Å²) in [5, 5.41) is 5.76. The molecule has 0 saturated heterocycles. The number of hydrogen-bond donors (Lipinski definition) is 1. The first kappa shape index (κ1) is 28.6. The first-order valence-electron chi connectivity index (χ1n) is 14.1. The molecule has 0 bridgehead atoms. The van der Waals surface area contributed by atoms with Crippen LogP contribution in [0.1, 0.15) is 32.4 Å². The summed E-state index contributed by atoms with van der Waals surface area (Å²) < 4.78 is 21.6. The van der Waals surface area contributed by atoms with E-state index in [4.69, 9.17) is 4.03 Å². The lowest BCUT2D eigenvalue weighted by atomic mass is 10.1. The molecular weight excluding hydrogens is 537 g/mol.